The van der Waals surface area contributed by atoms with Gasteiger partial charge in [-0.2, -0.15) is 0 Å². The largest absolute Gasteiger partial charge is 0.343 e. The van der Waals surface area contributed by atoms with Crippen molar-refractivity contribution in [3.63, 3.8) is 0 Å². The second-order valence-electron chi connectivity index (χ2n) is 5.82. The second kappa shape index (κ2) is 6.31. The fraction of sp³-hybridized carbons (Fsp3) is 0.278. The van der Waals surface area contributed by atoms with Crippen LogP contribution < -0.4 is 10.9 Å². The fourth-order valence-corrected chi connectivity index (χ4v) is 2.81. The quantitative estimate of drug-likeness (QED) is 0.774. The SMILES string of the molecule is CCc1ccccc1NC(=O)Cn1c(C)nc2[nH]c(C)cc2c1=O. The number of amides is 1. The Morgan fingerprint density at radius 3 is 2.79 bits per heavy atom. The Kier molecular flexibility index (Phi) is 4.20. The number of nitrogens with one attached hydrogen (secondary N) is 2. The lowest BCUT2D eigenvalue weighted by Gasteiger charge is -2.12. The van der Waals surface area contributed by atoms with E-state index in [2.05, 4.69) is 15.3 Å². The first kappa shape index (κ1) is 16.0. The monoisotopic (exact) mass is 324 g/mol. The molecule has 0 aliphatic carbocycles. The van der Waals surface area contributed by atoms with Crippen molar-refractivity contribution in [1.82, 2.24) is 14.5 Å². The van der Waals surface area contributed by atoms with Crippen molar-refractivity contribution in [1.29, 1.82) is 0 Å². The summed E-state index contributed by atoms with van der Waals surface area (Å²) >= 11 is 0. The molecule has 0 aliphatic rings. The molecule has 3 aromatic rings. The van der Waals surface area contributed by atoms with Crippen molar-refractivity contribution in [2.45, 2.75) is 33.7 Å². The van der Waals surface area contributed by atoms with Gasteiger partial charge in [0.25, 0.3) is 5.56 Å². The number of carbonyl (C=O) groups is 1. The molecule has 0 bridgehead atoms. The van der Waals surface area contributed by atoms with Crippen LogP contribution in [0.3, 0.4) is 0 Å². The predicted octanol–water partition coefficient (Wildman–Crippen LogP) is 2.54. The van der Waals surface area contributed by atoms with Crippen LogP contribution in [-0.4, -0.2) is 20.4 Å². The highest BCUT2D eigenvalue weighted by Gasteiger charge is 2.13. The molecule has 0 spiro atoms. The van der Waals surface area contributed by atoms with E-state index in [9.17, 15) is 9.59 Å². The van der Waals surface area contributed by atoms with Gasteiger partial charge in [-0.1, -0.05) is 25.1 Å². The third-order valence-electron chi connectivity index (χ3n) is 4.05. The van der Waals surface area contributed by atoms with Crippen molar-refractivity contribution in [2.75, 3.05) is 5.32 Å². The number of hydrogen-bond acceptors (Lipinski definition) is 3. The summed E-state index contributed by atoms with van der Waals surface area (Å²) in [6.45, 7) is 5.57. The molecule has 24 heavy (non-hydrogen) atoms. The summed E-state index contributed by atoms with van der Waals surface area (Å²) in [6.07, 6.45) is 0.825. The average Bonchev–Trinajstić information content (AvgIpc) is 2.92. The van der Waals surface area contributed by atoms with Gasteiger partial charge < -0.3 is 10.3 Å². The molecule has 0 radical (unpaired) electrons. The molecule has 2 aromatic heterocycles. The minimum Gasteiger partial charge on any atom is -0.343 e. The number of nitrogens with zero attached hydrogens (tertiary/aromatic N) is 2. The third kappa shape index (κ3) is 2.95. The zero-order chi connectivity index (χ0) is 17.3. The summed E-state index contributed by atoms with van der Waals surface area (Å²) in [7, 11) is 0. The minimum atomic E-state index is -0.241. The van der Waals surface area contributed by atoms with Gasteiger partial charge in [-0.3, -0.25) is 14.2 Å². The Morgan fingerprint density at radius 1 is 1.29 bits per heavy atom. The molecular weight excluding hydrogens is 304 g/mol. The molecule has 0 saturated heterocycles. The Balaban J connectivity index is 1.89. The lowest BCUT2D eigenvalue weighted by Crippen LogP contribution is -2.30. The number of aryl methyl sites for hydroxylation is 3. The first-order chi connectivity index (χ1) is 11.5. The van der Waals surface area contributed by atoms with E-state index in [1.807, 2.05) is 38.1 Å². The van der Waals surface area contributed by atoms with Crippen molar-refractivity contribution in [3.05, 3.63) is 57.8 Å². The molecule has 0 atom stereocenters. The van der Waals surface area contributed by atoms with Crippen LogP contribution >= 0.6 is 0 Å². The molecule has 6 heteroatoms. The van der Waals surface area contributed by atoms with E-state index < -0.39 is 0 Å². The number of rotatable bonds is 4. The highest BCUT2D eigenvalue weighted by Crippen LogP contribution is 2.15. The molecule has 1 aromatic carbocycles. The van der Waals surface area contributed by atoms with E-state index in [1.165, 1.54) is 4.57 Å². The fourth-order valence-electron chi connectivity index (χ4n) is 2.81. The number of fused-ring (bicyclic) bond motifs is 1. The second-order valence-corrected chi connectivity index (χ2v) is 5.82. The van der Waals surface area contributed by atoms with Gasteiger partial charge in [-0.05, 0) is 38.0 Å². The molecule has 0 aliphatic heterocycles. The van der Waals surface area contributed by atoms with E-state index in [4.69, 9.17) is 0 Å². The number of anilines is 1. The number of carbonyl (C=O) groups excluding carboxylic acids is 1. The summed E-state index contributed by atoms with van der Waals surface area (Å²) < 4.78 is 1.40. The van der Waals surface area contributed by atoms with E-state index in [0.717, 1.165) is 23.4 Å². The third-order valence-corrected chi connectivity index (χ3v) is 4.05. The van der Waals surface area contributed by atoms with Crippen molar-refractivity contribution < 1.29 is 4.79 Å². The Morgan fingerprint density at radius 2 is 2.04 bits per heavy atom. The standard InChI is InChI=1S/C18H20N4O2/c1-4-13-7-5-6-8-15(13)21-16(23)10-22-12(3)20-17-14(18(22)24)9-11(2)19-17/h5-9,19H,4,10H2,1-3H3,(H,21,23). The zero-order valence-corrected chi connectivity index (χ0v) is 14.0. The first-order valence-electron chi connectivity index (χ1n) is 7.94. The maximum atomic E-state index is 12.6. The van der Waals surface area contributed by atoms with Gasteiger partial charge in [0.15, 0.2) is 0 Å². The molecule has 2 N–H and O–H groups in total. The van der Waals surface area contributed by atoms with Gasteiger partial charge >= 0.3 is 0 Å². The van der Waals surface area contributed by atoms with E-state index in [-0.39, 0.29) is 18.0 Å². The lowest BCUT2D eigenvalue weighted by molar-refractivity contribution is -0.116. The van der Waals surface area contributed by atoms with Crippen LogP contribution in [0.5, 0.6) is 0 Å². The van der Waals surface area contributed by atoms with Crippen LogP contribution in [0.4, 0.5) is 5.69 Å². The molecule has 1 amide bonds. The summed E-state index contributed by atoms with van der Waals surface area (Å²) in [4.78, 5) is 32.4. The van der Waals surface area contributed by atoms with Crippen molar-refractivity contribution >= 4 is 22.6 Å². The Labute approximate surface area is 139 Å². The normalized spacial score (nSPS) is 11.0. The average molecular weight is 324 g/mol. The lowest BCUT2D eigenvalue weighted by atomic mass is 10.1. The number of aromatic amines is 1. The number of para-hydroxylation sites is 1. The zero-order valence-electron chi connectivity index (χ0n) is 14.0. The topological polar surface area (TPSA) is 79.8 Å². The van der Waals surface area contributed by atoms with Crippen LogP contribution in [0.2, 0.25) is 0 Å². The Hall–Kier alpha value is -2.89. The number of hydrogen-bond donors (Lipinski definition) is 2. The van der Waals surface area contributed by atoms with Gasteiger partial charge in [0.1, 0.15) is 18.0 Å². The van der Waals surface area contributed by atoms with Crippen LogP contribution in [-0.2, 0) is 17.8 Å². The molecule has 2 heterocycles. The Bertz CT molecular complexity index is 969. The van der Waals surface area contributed by atoms with Gasteiger partial charge in [-0.25, -0.2) is 4.98 Å². The van der Waals surface area contributed by atoms with E-state index in [1.54, 1.807) is 13.0 Å². The summed E-state index contributed by atoms with van der Waals surface area (Å²) in [6, 6.07) is 9.41. The number of aromatic nitrogens is 3. The van der Waals surface area contributed by atoms with Gasteiger partial charge in [0.2, 0.25) is 5.91 Å². The summed E-state index contributed by atoms with van der Waals surface area (Å²) in [5.41, 5.74) is 3.06. The molecular formula is C18H20N4O2. The van der Waals surface area contributed by atoms with Gasteiger partial charge in [0, 0.05) is 11.4 Å². The predicted molar refractivity (Wildman–Crippen MR) is 94.3 cm³/mol. The maximum Gasteiger partial charge on any atom is 0.263 e. The van der Waals surface area contributed by atoms with Gasteiger partial charge in [0.05, 0.1) is 5.39 Å². The van der Waals surface area contributed by atoms with Crippen LogP contribution in [0, 0.1) is 13.8 Å². The molecule has 124 valence electrons. The number of benzene rings is 1. The molecule has 0 unspecified atom stereocenters. The van der Waals surface area contributed by atoms with Crippen LogP contribution in [0.25, 0.3) is 11.0 Å². The minimum absolute atomic E-state index is 0.0596. The van der Waals surface area contributed by atoms with E-state index >= 15 is 0 Å². The van der Waals surface area contributed by atoms with Crippen LogP contribution in [0.1, 0.15) is 24.0 Å². The molecule has 0 saturated carbocycles. The van der Waals surface area contributed by atoms with Crippen molar-refractivity contribution in [3.8, 4) is 0 Å². The van der Waals surface area contributed by atoms with E-state index in [0.29, 0.717) is 16.9 Å². The highest BCUT2D eigenvalue weighted by molar-refractivity contribution is 5.91. The first-order valence-corrected chi connectivity index (χ1v) is 7.94. The van der Waals surface area contributed by atoms with Crippen molar-refractivity contribution in [2.24, 2.45) is 0 Å². The summed E-state index contributed by atoms with van der Waals surface area (Å²) in [5, 5.41) is 3.38. The highest BCUT2D eigenvalue weighted by atomic mass is 16.2. The molecule has 6 nitrogen and oxygen atoms in total. The summed E-state index contributed by atoms with van der Waals surface area (Å²) in [5.74, 6) is 0.266. The molecule has 0 fully saturated rings. The maximum absolute atomic E-state index is 12.6. The van der Waals surface area contributed by atoms with Gasteiger partial charge in [-0.15, -0.1) is 0 Å². The molecule has 3 rings (SSSR count). The smallest absolute Gasteiger partial charge is 0.263 e. The van der Waals surface area contributed by atoms with Crippen LogP contribution in [0.15, 0.2) is 35.1 Å². The number of H-pyrrole nitrogens is 1.